The molecule has 9 nitrogen and oxygen atoms in total. The van der Waals surface area contributed by atoms with Gasteiger partial charge in [-0.1, -0.05) is 95.5 Å². The Morgan fingerprint density at radius 2 is 1.52 bits per heavy atom. The van der Waals surface area contributed by atoms with Crippen molar-refractivity contribution in [2.45, 2.75) is 24.2 Å². The number of carbonyl (C=O) groups is 4. The minimum atomic E-state index is -1.53. The number of aromatic hydroxyl groups is 1. The second kappa shape index (κ2) is 12.7. The number of benzene rings is 5. The number of methoxy groups -OCH3 is 1. The van der Waals surface area contributed by atoms with Gasteiger partial charge in [0.1, 0.15) is 11.5 Å². The Labute approximate surface area is 320 Å². The monoisotopic (exact) mass is 757 g/mol. The van der Waals surface area contributed by atoms with Crippen molar-refractivity contribution in [2.75, 3.05) is 17.4 Å². The molecule has 6 atom stereocenters. The van der Waals surface area contributed by atoms with Crippen LogP contribution >= 0.6 is 23.2 Å². The first-order valence-electron chi connectivity index (χ1n) is 17.7. The van der Waals surface area contributed by atoms with Gasteiger partial charge >= 0.3 is 0 Å². The normalized spacial score (nSPS) is 26.1. The molecule has 1 saturated carbocycles. The van der Waals surface area contributed by atoms with Crippen molar-refractivity contribution in [3.8, 4) is 11.5 Å². The predicted octanol–water partition coefficient (Wildman–Crippen LogP) is 8.05. The number of carbonyl (C=O) groups excluding carboxylic acids is 4. The van der Waals surface area contributed by atoms with Gasteiger partial charge in [0.2, 0.25) is 11.8 Å². The lowest BCUT2D eigenvalue weighted by Crippen LogP contribution is -2.53. The number of allylic oxidation sites excluding steroid dienone is 2. The number of imide groups is 2. The molecule has 0 bridgehead atoms. The molecule has 6 unspecified atom stereocenters. The quantitative estimate of drug-likeness (QED) is 0.133. The molecule has 4 aliphatic rings. The van der Waals surface area contributed by atoms with Crippen LogP contribution in [0.15, 0.2) is 121 Å². The lowest BCUT2D eigenvalue weighted by molar-refractivity contribution is -0.138. The lowest BCUT2D eigenvalue weighted by Gasteiger charge is -2.51. The fraction of sp³-hybridized carbons (Fsp3) is 0.209. The molecule has 3 fully saturated rings. The zero-order chi connectivity index (χ0) is 37.5. The number of hydrogen-bond donors (Lipinski definition) is 2. The number of para-hydroxylation sites is 1. The highest BCUT2D eigenvalue weighted by atomic mass is 35.5. The first-order valence-corrected chi connectivity index (χ1v) is 18.5. The SMILES string of the molecule is COc1ccc(C23C(=O)N(Nc4ccc(Cl)cc4Cl)C(=O)C2CC2C(=CCC4C(=O)N(c5ccccc5)C(=O)C42)C3c2ccc(O)c3ccccc23)cc1. The molecule has 2 saturated heterocycles. The van der Waals surface area contributed by atoms with Crippen LogP contribution in [0.2, 0.25) is 10.0 Å². The van der Waals surface area contributed by atoms with Gasteiger partial charge < -0.3 is 9.84 Å². The van der Waals surface area contributed by atoms with Gasteiger partial charge in [-0.25, -0.2) is 0 Å². The van der Waals surface area contributed by atoms with Gasteiger partial charge in [-0.2, -0.15) is 5.01 Å². The molecule has 2 aliphatic heterocycles. The van der Waals surface area contributed by atoms with E-state index in [4.69, 9.17) is 27.9 Å². The molecule has 9 rings (SSSR count). The summed E-state index contributed by atoms with van der Waals surface area (Å²) in [6.07, 6.45) is 2.43. The molecule has 54 heavy (non-hydrogen) atoms. The van der Waals surface area contributed by atoms with Crippen LogP contribution in [0.5, 0.6) is 11.5 Å². The van der Waals surface area contributed by atoms with Crippen molar-refractivity contribution in [1.29, 1.82) is 0 Å². The van der Waals surface area contributed by atoms with Gasteiger partial charge in [-0.15, -0.1) is 0 Å². The summed E-state index contributed by atoms with van der Waals surface area (Å²) in [6, 6.07) is 31.6. The largest absolute Gasteiger partial charge is 0.507 e. The average molecular weight is 759 g/mol. The van der Waals surface area contributed by atoms with Crippen LogP contribution in [0.3, 0.4) is 0 Å². The summed E-state index contributed by atoms with van der Waals surface area (Å²) in [5, 5.41) is 14.0. The predicted molar refractivity (Wildman–Crippen MR) is 205 cm³/mol. The van der Waals surface area contributed by atoms with E-state index >= 15 is 9.59 Å². The van der Waals surface area contributed by atoms with E-state index in [1.165, 1.54) is 11.0 Å². The summed E-state index contributed by atoms with van der Waals surface area (Å²) >= 11 is 12.8. The highest BCUT2D eigenvalue weighted by Crippen LogP contribution is 2.65. The van der Waals surface area contributed by atoms with Crippen molar-refractivity contribution < 1.29 is 29.0 Å². The van der Waals surface area contributed by atoms with Crippen LogP contribution in [0.4, 0.5) is 11.4 Å². The standard InChI is InChI=1S/C43H33Cl2N3O6/c1-54-26-14-11-23(12-15-26)43-33(40(51)48(42(43)53)46-35-19-13-24(44)21-34(35)45)22-32-30(38(43)29-18-20-36(49)28-10-6-5-9-27(28)29)16-17-31-37(32)41(52)47(39(31)50)25-7-3-2-4-8-25/h2-16,18-21,31-33,37-38,46,49H,17,22H2,1H3. The Morgan fingerprint density at radius 3 is 2.24 bits per heavy atom. The number of ether oxygens (including phenoxy) is 1. The molecular formula is C43H33Cl2N3O6. The smallest absolute Gasteiger partial charge is 0.260 e. The van der Waals surface area contributed by atoms with E-state index in [0.29, 0.717) is 44.0 Å². The van der Waals surface area contributed by atoms with Gasteiger partial charge in [0, 0.05) is 16.3 Å². The van der Waals surface area contributed by atoms with Crippen molar-refractivity contribution in [2.24, 2.45) is 23.7 Å². The third-order valence-electron chi connectivity index (χ3n) is 11.8. The highest BCUT2D eigenvalue weighted by molar-refractivity contribution is 6.36. The fourth-order valence-electron chi connectivity index (χ4n) is 9.58. The van der Waals surface area contributed by atoms with Crippen LogP contribution in [0, 0.1) is 23.7 Å². The average Bonchev–Trinajstić information content (AvgIpc) is 3.57. The van der Waals surface area contributed by atoms with Crippen molar-refractivity contribution in [1.82, 2.24) is 5.01 Å². The molecule has 2 aliphatic carbocycles. The van der Waals surface area contributed by atoms with Crippen LogP contribution in [0.1, 0.15) is 29.9 Å². The first kappa shape index (κ1) is 34.1. The van der Waals surface area contributed by atoms with Gasteiger partial charge in [0.15, 0.2) is 0 Å². The summed E-state index contributed by atoms with van der Waals surface area (Å²) in [5.74, 6) is -4.68. The molecule has 0 spiro atoms. The maximum Gasteiger partial charge on any atom is 0.260 e. The number of amides is 4. The number of nitrogens with zero attached hydrogens (tertiary/aromatic N) is 2. The van der Waals surface area contributed by atoms with Crippen LogP contribution in [-0.2, 0) is 24.6 Å². The Balaban J connectivity index is 1.29. The van der Waals surface area contributed by atoms with Gasteiger partial charge in [-0.05, 0) is 83.8 Å². The number of nitrogens with one attached hydrogen (secondary N) is 1. The molecular weight excluding hydrogens is 725 g/mol. The number of phenols is 1. The summed E-state index contributed by atoms with van der Waals surface area (Å²) < 4.78 is 5.51. The summed E-state index contributed by atoms with van der Waals surface area (Å²) in [7, 11) is 1.56. The van der Waals surface area contributed by atoms with E-state index in [-0.39, 0.29) is 35.4 Å². The Bertz CT molecular complexity index is 2440. The molecule has 5 aromatic carbocycles. The van der Waals surface area contributed by atoms with Crippen LogP contribution < -0.4 is 15.1 Å². The summed E-state index contributed by atoms with van der Waals surface area (Å²) in [5.41, 5.74) is 4.41. The van der Waals surface area contributed by atoms with Gasteiger partial charge in [-0.3, -0.25) is 29.5 Å². The van der Waals surface area contributed by atoms with E-state index in [1.807, 2.05) is 54.6 Å². The first-order chi connectivity index (χ1) is 26.1. The molecule has 4 amide bonds. The third kappa shape index (κ3) is 4.84. The van der Waals surface area contributed by atoms with Gasteiger partial charge in [0.05, 0.1) is 46.7 Å². The Hall–Kier alpha value is -5.64. The molecule has 11 heteroatoms. The zero-order valence-corrected chi connectivity index (χ0v) is 30.4. The third-order valence-corrected chi connectivity index (χ3v) is 12.4. The van der Waals surface area contributed by atoms with Crippen LogP contribution in [-0.4, -0.2) is 40.9 Å². The van der Waals surface area contributed by atoms with Crippen LogP contribution in [0.25, 0.3) is 10.8 Å². The van der Waals surface area contributed by atoms with Crippen molar-refractivity contribution in [3.05, 3.63) is 142 Å². The molecule has 2 N–H and O–H groups in total. The molecule has 5 aromatic rings. The van der Waals surface area contributed by atoms with E-state index in [0.717, 1.165) is 10.6 Å². The fourth-order valence-corrected chi connectivity index (χ4v) is 10.0. The lowest BCUT2D eigenvalue weighted by atomic mass is 9.49. The Morgan fingerprint density at radius 1 is 0.796 bits per heavy atom. The topological polar surface area (TPSA) is 116 Å². The zero-order valence-electron chi connectivity index (χ0n) is 28.9. The van der Waals surface area contributed by atoms with E-state index in [2.05, 4.69) is 5.43 Å². The molecule has 0 radical (unpaired) electrons. The minimum absolute atomic E-state index is 0.0685. The molecule has 0 aromatic heterocycles. The highest BCUT2D eigenvalue weighted by Gasteiger charge is 2.70. The van der Waals surface area contributed by atoms with Crippen molar-refractivity contribution >= 4 is 69.0 Å². The summed E-state index contributed by atoms with van der Waals surface area (Å²) in [6.45, 7) is 0. The molecule has 270 valence electrons. The summed E-state index contributed by atoms with van der Waals surface area (Å²) in [4.78, 5) is 60.6. The van der Waals surface area contributed by atoms with E-state index in [9.17, 15) is 14.7 Å². The van der Waals surface area contributed by atoms with Crippen molar-refractivity contribution in [3.63, 3.8) is 0 Å². The number of halogens is 2. The number of hydrazine groups is 1. The number of phenolic OH excluding ortho intramolecular Hbond substituents is 1. The Kier molecular flexibility index (Phi) is 8.06. The maximum absolute atomic E-state index is 15.6. The molecule has 2 heterocycles. The number of hydrogen-bond acceptors (Lipinski definition) is 7. The number of fused-ring (bicyclic) bond motifs is 5. The second-order valence-corrected chi connectivity index (χ2v) is 15.1. The van der Waals surface area contributed by atoms with E-state index < -0.39 is 46.8 Å². The maximum atomic E-state index is 15.6. The van der Waals surface area contributed by atoms with E-state index in [1.54, 1.807) is 61.7 Å². The number of anilines is 2. The minimum Gasteiger partial charge on any atom is -0.507 e. The second-order valence-electron chi connectivity index (χ2n) is 14.3. The van der Waals surface area contributed by atoms with Gasteiger partial charge in [0.25, 0.3) is 11.8 Å². The number of rotatable bonds is 6.